The summed E-state index contributed by atoms with van der Waals surface area (Å²) in [5.74, 6) is 1.79. The van der Waals surface area contributed by atoms with Crippen molar-refractivity contribution in [3.05, 3.63) is 30.1 Å². The maximum absolute atomic E-state index is 9.22. The van der Waals surface area contributed by atoms with Gasteiger partial charge in [-0.2, -0.15) is 0 Å². The lowest BCUT2D eigenvalue weighted by Crippen LogP contribution is -2.14. The average molecular weight is 245 g/mol. The van der Waals surface area contributed by atoms with E-state index in [1.807, 2.05) is 18.2 Å². The number of hydrogen-bond donors (Lipinski definition) is 2. The maximum atomic E-state index is 9.22. The number of nitrogens with zero attached hydrogens (tertiary/aromatic N) is 2. The van der Waals surface area contributed by atoms with Gasteiger partial charge < -0.3 is 15.0 Å². The van der Waals surface area contributed by atoms with E-state index in [2.05, 4.69) is 16.0 Å². The summed E-state index contributed by atoms with van der Waals surface area (Å²) in [6.45, 7) is 3.00. The largest absolute Gasteiger partial charge is 0.395 e. The van der Waals surface area contributed by atoms with Crippen LogP contribution in [0.3, 0.4) is 0 Å². The third-order valence-electron chi connectivity index (χ3n) is 3.69. The SMILES string of the molecule is OCCn1c(CC2CCNC2)nc2ccccc21. The van der Waals surface area contributed by atoms with Gasteiger partial charge in [0.1, 0.15) is 5.82 Å². The second-order valence-corrected chi connectivity index (χ2v) is 4.95. The first-order valence-electron chi connectivity index (χ1n) is 6.64. The Labute approximate surface area is 107 Å². The number of benzene rings is 1. The van der Waals surface area contributed by atoms with E-state index < -0.39 is 0 Å². The quantitative estimate of drug-likeness (QED) is 0.850. The van der Waals surface area contributed by atoms with Crippen LogP contribution in [0.5, 0.6) is 0 Å². The minimum absolute atomic E-state index is 0.163. The van der Waals surface area contributed by atoms with Crippen molar-refractivity contribution >= 4 is 11.0 Å². The van der Waals surface area contributed by atoms with Crippen LogP contribution in [0.15, 0.2) is 24.3 Å². The lowest BCUT2D eigenvalue weighted by atomic mass is 10.0. The smallest absolute Gasteiger partial charge is 0.110 e. The van der Waals surface area contributed by atoms with Crippen LogP contribution in [0.25, 0.3) is 11.0 Å². The summed E-state index contributed by atoms with van der Waals surface area (Å²) in [5, 5.41) is 12.6. The topological polar surface area (TPSA) is 50.1 Å². The Kier molecular flexibility index (Phi) is 3.30. The number of aliphatic hydroxyl groups excluding tert-OH is 1. The molecule has 1 aliphatic rings. The molecule has 0 amide bonds. The molecule has 0 spiro atoms. The summed E-state index contributed by atoms with van der Waals surface area (Å²) in [4.78, 5) is 4.72. The molecule has 1 aromatic carbocycles. The molecule has 4 nitrogen and oxygen atoms in total. The van der Waals surface area contributed by atoms with Gasteiger partial charge in [0.2, 0.25) is 0 Å². The zero-order valence-electron chi connectivity index (χ0n) is 10.5. The van der Waals surface area contributed by atoms with E-state index in [0.29, 0.717) is 12.5 Å². The van der Waals surface area contributed by atoms with Crippen molar-refractivity contribution in [2.45, 2.75) is 19.4 Å². The molecule has 1 atom stereocenters. The van der Waals surface area contributed by atoms with E-state index in [0.717, 1.165) is 36.4 Å². The molecule has 96 valence electrons. The molecule has 0 aliphatic carbocycles. The van der Waals surface area contributed by atoms with Gasteiger partial charge in [-0.1, -0.05) is 12.1 Å². The number of aliphatic hydroxyl groups is 1. The third kappa shape index (κ3) is 2.13. The van der Waals surface area contributed by atoms with Crippen molar-refractivity contribution in [3.8, 4) is 0 Å². The van der Waals surface area contributed by atoms with Crippen LogP contribution in [0.2, 0.25) is 0 Å². The van der Waals surface area contributed by atoms with Gasteiger partial charge in [0.05, 0.1) is 17.6 Å². The summed E-state index contributed by atoms with van der Waals surface area (Å²) in [7, 11) is 0. The summed E-state index contributed by atoms with van der Waals surface area (Å²) < 4.78 is 2.16. The number of aromatic nitrogens is 2. The van der Waals surface area contributed by atoms with Crippen molar-refractivity contribution in [3.63, 3.8) is 0 Å². The number of para-hydroxylation sites is 2. The first-order chi connectivity index (χ1) is 8.88. The van der Waals surface area contributed by atoms with Gasteiger partial charge >= 0.3 is 0 Å². The molecular formula is C14H19N3O. The fraction of sp³-hybridized carbons (Fsp3) is 0.500. The van der Waals surface area contributed by atoms with Crippen LogP contribution in [-0.2, 0) is 13.0 Å². The fourth-order valence-corrected chi connectivity index (χ4v) is 2.78. The van der Waals surface area contributed by atoms with Crippen LogP contribution >= 0.6 is 0 Å². The second kappa shape index (κ2) is 5.08. The molecule has 1 saturated heterocycles. The predicted molar refractivity (Wildman–Crippen MR) is 71.5 cm³/mol. The Morgan fingerprint density at radius 2 is 2.28 bits per heavy atom. The van der Waals surface area contributed by atoms with Gasteiger partial charge in [0.15, 0.2) is 0 Å². The van der Waals surface area contributed by atoms with Gasteiger partial charge in [0, 0.05) is 13.0 Å². The highest BCUT2D eigenvalue weighted by Crippen LogP contribution is 2.20. The second-order valence-electron chi connectivity index (χ2n) is 4.95. The first-order valence-corrected chi connectivity index (χ1v) is 6.64. The lowest BCUT2D eigenvalue weighted by Gasteiger charge is -2.10. The van der Waals surface area contributed by atoms with Crippen molar-refractivity contribution < 1.29 is 5.11 Å². The van der Waals surface area contributed by atoms with Crippen LogP contribution in [0, 0.1) is 5.92 Å². The fourth-order valence-electron chi connectivity index (χ4n) is 2.78. The number of imidazole rings is 1. The average Bonchev–Trinajstić information content (AvgIpc) is 3.00. The Morgan fingerprint density at radius 3 is 3.06 bits per heavy atom. The monoisotopic (exact) mass is 245 g/mol. The Balaban J connectivity index is 1.95. The first kappa shape index (κ1) is 11.7. The molecule has 18 heavy (non-hydrogen) atoms. The summed E-state index contributed by atoms with van der Waals surface area (Å²) in [6, 6.07) is 8.16. The number of rotatable bonds is 4. The normalized spacial score (nSPS) is 19.7. The highest BCUT2D eigenvalue weighted by molar-refractivity contribution is 5.75. The molecule has 0 saturated carbocycles. The van der Waals surface area contributed by atoms with E-state index >= 15 is 0 Å². The van der Waals surface area contributed by atoms with E-state index in [4.69, 9.17) is 4.98 Å². The summed E-state index contributed by atoms with van der Waals surface area (Å²) in [5.41, 5.74) is 2.17. The minimum atomic E-state index is 0.163. The van der Waals surface area contributed by atoms with Gasteiger partial charge in [0.25, 0.3) is 0 Å². The van der Waals surface area contributed by atoms with Crippen molar-refractivity contribution in [1.29, 1.82) is 0 Å². The molecule has 3 rings (SSSR count). The number of hydrogen-bond acceptors (Lipinski definition) is 3. The molecule has 2 heterocycles. The molecule has 2 aromatic rings. The molecule has 1 aromatic heterocycles. The molecule has 4 heteroatoms. The molecule has 2 N–H and O–H groups in total. The van der Waals surface area contributed by atoms with E-state index in [1.165, 1.54) is 6.42 Å². The number of nitrogens with one attached hydrogen (secondary N) is 1. The Bertz CT molecular complexity index is 529. The maximum Gasteiger partial charge on any atom is 0.110 e. The predicted octanol–water partition coefficient (Wildman–Crippen LogP) is 1.18. The Morgan fingerprint density at radius 1 is 1.39 bits per heavy atom. The minimum Gasteiger partial charge on any atom is -0.395 e. The van der Waals surface area contributed by atoms with Gasteiger partial charge in [-0.05, 0) is 37.6 Å². The highest BCUT2D eigenvalue weighted by atomic mass is 16.3. The van der Waals surface area contributed by atoms with Crippen molar-refractivity contribution in [1.82, 2.24) is 14.9 Å². The molecule has 1 fully saturated rings. The molecule has 1 unspecified atom stereocenters. The van der Waals surface area contributed by atoms with Crippen LogP contribution in [0.1, 0.15) is 12.2 Å². The van der Waals surface area contributed by atoms with Gasteiger partial charge in [-0.25, -0.2) is 4.98 Å². The molecule has 0 bridgehead atoms. The van der Waals surface area contributed by atoms with Crippen LogP contribution < -0.4 is 5.32 Å². The zero-order valence-corrected chi connectivity index (χ0v) is 10.5. The van der Waals surface area contributed by atoms with Gasteiger partial charge in [-0.15, -0.1) is 0 Å². The molecule has 0 radical (unpaired) electrons. The van der Waals surface area contributed by atoms with E-state index in [1.54, 1.807) is 0 Å². The number of fused-ring (bicyclic) bond motifs is 1. The van der Waals surface area contributed by atoms with Crippen LogP contribution in [-0.4, -0.2) is 34.4 Å². The van der Waals surface area contributed by atoms with E-state index in [9.17, 15) is 5.11 Å². The Hall–Kier alpha value is -1.39. The summed E-state index contributed by atoms with van der Waals surface area (Å²) in [6.07, 6.45) is 2.23. The van der Waals surface area contributed by atoms with Crippen molar-refractivity contribution in [2.24, 2.45) is 5.92 Å². The van der Waals surface area contributed by atoms with Crippen molar-refractivity contribution in [2.75, 3.05) is 19.7 Å². The third-order valence-corrected chi connectivity index (χ3v) is 3.69. The zero-order chi connectivity index (χ0) is 12.4. The lowest BCUT2D eigenvalue weighted by molar-refractivity contribution is 0.275. The molecule has 1 aliphatic heterocycles. The highest BCUT2D eigenvalue weighted by Gasteiger charge is 2.19. The standard InChI is InChI=1S/C14H19N3O/c18-8-7-17-13-4-2-1-3-12(13)16-14(17)9-11-5-6-15-10-11/h1-4,11,15,18H,5-10H2. The van der Waals surface area contributed by atoms with Gasteiger partial charge in [-0.3, -0.25) is 0 Å². The molecular weight excluding hydrogens is 226 g/mol. The van der Waals surface area contributed by atoms with E-state index in [-0.39, 0.29) is 6.61 Å². The van der Waals surface area contributed by atoms with Crippen LogP contribution in [0.4, 0.5) is 0 Å². The summed E-state index contributed by atoms with van der Waals surface area (Å²) >= 11 is 0.